The smallest absolute Gasteiger partial charge is 0.136 e. The molecular formula is C11H10FNO. The Morgan fingerprint density at radius 1 is 1.29 bits per heavy atom. The van der Waals surface area contributed by atoms with Gasteiger partial charge in [0.2, 0.25) is 0 Å². The van der Waals surface area contributed by atoms with Gasteiger partial charge in [0.25, 0.3) is 0 Å². The highest BCUT2D eigenvalue weighted by Crippen LogP contribution is 2.29. The lowest BCUT2D eigenvalue weighted by Crippen LogP contribution is -1.91. The van der Waals surface area contributed by atoms with Crippen LogP contribution in [0.1, 0.15) is 0 Å². The Kier molecular flexibility index (Phi) is 2.00. The number of nitrogen functional groups attached to an aromatic ring is 1. The molecule has 0 amide bonds. The molecule has 14 heavy (non-hydrogen) atoms. The first-order chi connectivity index (χ1) is 6.72. The molecule has 0 bridgehead atoms. The predicted octanol–water partition coefficient (Wildman–Crippen LogP) is 2.57. The number of halogens is 1. The lowest BCUT2D eigenvalue weighted by atomic mass is 10.1. The van der Waals surface area contributed by atoms with Crippen molar-refractivity contribution in [2.45, 2.75) is 0 Å². The van der Waals surface area contributed by atoms with Crippen molar-refractivity contribution >= 4 is 16.5 Å². The molecule has 0 heterocycles. The standard InChI is InChI=1S/C11H10FNO/c1-14-10-4-2-3-7-5-8(13)6-9(12)11(7)10/h2-6H,13H2,1H3. The quantitative estimate of drug-likeness (QED) is 0.703. The molecule has 3 heteroatoms. The van der Waals surface area contributed by atoms with Crippen molar-refractivity contribution in [2.24, 2.45) is 0 Å². The Morgan fingerprint density at radius 3 is 2.79 bits per heavy atom. The minimum Gasteiger partial charge on any atom is -0.496 e. The highest BCUT2D eigenvalue weighted by molar-refractivity contribution is 5.91. The molecule has 0 fully saturated rings. The lowest BCUT2D eigenvalue weighted by Gasteiger charge is -2.06. The molecule has 2 N–H and O–H groups in total. The van der Waals surface area contributed by atoms with Gasteiger partial charge in [-0.1, -0.05) is 12.1 Å². The van der Waals surface area contributed by atoms with Gasteiger partial charge in [-0.15, -0.1) is 0 Å². The summed E-state index contributed by atoms with van der Waals surface area (Å²) < 4.78 is 18.6. The molecule has 0 aliphatic rings. The Labute approximate surface area is 81.1 Å². The van der Waals surface area contributed by atoms with Crippen molar-refractivity contribution in [1.82, 2.24) is 0 Å². The van der Waals surface area contributed by atoms with E-state index in [1.807, 2.05) is 0 Å². The van der Waals surface area contributed by atoms with E-state index in [4.69, 9.17) is 10.5 Å². The summed E-state index contributed by atoms with van der Waals surface area (Å²) in [5.41, 5.74) is 5.96. The van der Waals surface area contributed by atoms with E-state index >= 15 is 0 Å². The number of hydrogen-bond acceptors (Lipinski definition) is 2. The first kappa shape index (κ1) is 8.81. The van der Waals surface area contributed by atoms with Crippen LogP contribution < -0.4 is 10.5 Å². The van der Waals surface area contributed by atoms with Gasteiger partial charge in [-0.2, -0.15) is 0 Å². The van der Waals surface area contributed by atoms with E-state index in [-0.39, 0.29) is 5.82 Å². The molecule has 0 aromatic heterocycles. The summed E-state index contributed by atoms with van der Waals surface area (Å²) in [5.74, 6) is 0.178. The van der Waals surface area contributed by atoms with Crippen LogP contribution in [0, 0.1) is 5.82 Å². The molecule has 0 spiro atoms. The van der Waals surface area contributed by atoms with Crippen LogP contribution >= 0.6 is 0 Å². The number of anilines is 1. The molecular weight excluding hydrogens is 181 g/mol. The molecule has 2 nitrogen and oxygen atoms in total. The molecule has 0 saturated heterocycles. The molecule has 2 rings (SSSR count). The molecule has 0 radical (unpaired) electrons. The second-order valence-electron chi connectivity index (χ2n) is 3.06. The third-order valence-corrected chi connectivity index (χ3v) is 2.13. The van der Waals surface area contributed by atoms with E-state index in [9.17, 15) is 4.39 Å². The SMILES string of the molecule is COc1cccc2cc(N)cc(F)c12. The highest BCUT2D eigenvalue weighted by atomic mass is 19.1. The van der Waals surface area contributed by atoms with E-state index in [0.29, 0.717) is 16.8 Å². The van der Waals surface area contributed by atoms with Gasteiger partial charge in [0, 0.05) is 5.69 Å². The first-order valence-electron chi connectivity index (χ1n) is 4.24. The van der Waals surface area contributed by atoms with Crippen LogP contribution in [0.25, 0.3) is 10.8 Å². The normalized spacial score (nSPS) is 10.4. The van der Waals surface area contributed by atoms with Gasteiger partial charge in [-0.3, -0.25) is 0 Å². The van der Waals surface area contributed by atoms with Crippen molar-refractivity contribution in [3.63, 3.8) is 0 Å². The third kappa shape index (κ3) is 1.27. The Bertz CT molecular complexity index is 482. The van der Waals surface area contributed by atoms with Gasteiger partial charge in [0.1, 0.15) is 11.6 Å². The zero-order chi connectivity index (χ0) is 10.1. The largest absolute Gasteiger partial charge is 0.496 e. The summed E-state index contributed by atoms with van der Waals surface area (Å²) in [4.78, 5) is 0. The van der Waals surface area contributed by atoms with Crippen LogP contribution in [0.15, 0.2) is 30.3 Å². The van der Waals surface area contributed by atoms with Crippen LogP contribution in [0.2, 0.25) is 0 Å². The molecule has 0 atom stereocenters. The minimum absolute atomic E-state index is 0.350. The van der Waals surface area contributed by atoms with Crippen molar-refractivity contribution in [2.75, 3.05) is 12.8 Å². The zero-order valence-electron chi connectivity index (χ0n) is 7.75. The van der Waals surface area contributed by atoms with Crippen molar-refractivity contribution in [1.29, 1.82) is 0 Å². The van der Waals surface area contributed by atoms with E-state index < -0.39 is 0 Å². The van der Waals surface area contributed by atoms with Gasteiger partial charge in [-0.05, 0) is 23.6 Å². The van der Waals surface area contributed by atoms with Crippen molar-refractivity contribution in [3.05, 3.63) is 36.1 Å². The van der Waals surface area contributed by atoms with Crippen molar-refractivity contribution in [3.8, 4) is 5.75 Å². The maximum Gasteiger partial charge on any atom is 0.136 e. The molecule has 2 aromatic carbocycles. The summed E-state index contributed by atoms with van der Waals surface area (Å²) in [7, 11) is 1.52. The number of nitrogens with two attached hydrogens (primary N) is 1. The number of methoxy groups -OCH3 is 1. The summed E-state index contributed by atoms with van der Waals surface area (Å²) in [5, 5.41) is 1.23. The van der Waals surface area contributed by atoms with Crippen LogP contribution in [0.4, 0.5) is 10.1 Å². The summed E-state index contributed by atoms with van der Waals surface area (Å²) in [6.45, 7) is 0. The van der Waals surface area contributed by atoms with Crippen LogP contribution in [0.5, 0.6) is 5.75 Å². The number of benzene rings is 2. The van der Waals surface area contributed by atoms with E-state index in [2.05, 4.69) is 0 Å². The zero-order valence-corrected chi connectivity index (χ0v) is 7.75. The molecule has 2 aromatic rings. The second kappa shape index (κ2) is 3.18. The Balaban J connectivity index is 2.87. The second-order valence-corrected chi connectivity index (χ2v) is 3.06. The fourth-order valence-corrected chi connectivity index (χ4v) is 1.53. The molecule has 0 aliphatic heterocycles. The summed E-state index contributed by atoms with van der Waals surface area (Å²) in [6, 6.07) is 8.35. The van der Waals surface area contributed by atoms with Gasteiger partial charge in [-0.25, -0.2) is 4.39 Å². The predicted molar refractivity (Wildman–Crippen MR) is 54.9 cm³/mol. The Hall–Kier alpha value is -1.77. The Morgan fingerprint density at radius 2 is 2.07 bits per heavy atom. The van der Waals surface area contributed by atoms with Crippen LogP contribution in [-0.4, -0.2) is 7.11 Å². The van der Waals surface area contributed by atoms with E-state index in [0.717, 1.165) is 5.39 Å². The summed E-state index contributed by atoms with van der Waals surface area (Å²) >= 11 is 0. The van der Waals surface area contributed by atoms with Crippen molar-refractivity contribution < 1.29 is 9.13 Å². The average Bonchev–Trinajstić information content (AvgIpc) is 2.16. The number of ether oxygens (including phenoxy) is 1. The van der Waals surface area contributed by atoms with E-state index in [1.165, 1.54) is 13.2 Å². The first-order valence-corrected chi connectivity index (χ1v) is 4.24. The van der Waals surface area contributed by atoms with Gasteiger partial charge in [0.05, 0.1) is 12.5 Å². The molecule has 0 unspecified atom stereocenters. The molecule has 72 valence electrons. The van der Waals surface area contributed by atoms with E-state index in [1.54, 1.807) is 24.3 Å². The average molecular weight is 191 g/mol. The lowest BCUT2D eigenvalue weighted by molar-refractivity contribution is 0.418. The number of hydrogen-bond donors (Lipinski definition) is 1. The number of fused-ring (bicyclic) bond motifs is 1. The minimum atomic E-state index is -0.350. The maximum atomic E-state index is 13.5. The number of rotatable bonds is 1. The maximum absolute atomic E-state index is 13.5. The van der Waals surface area contributed by atoms with Gasteiger partial charge in [0.15, 0.2) is 0 Å². The third-order valence-electron chi connectivity index (χ3n) is 2.13. The highest BCUT2D eigenvalue weighted by Gasteiger charge is 2.07. The van der Waals surface area contributed by atoms with Gasteiger partial charge < -0.3 is 10.5 Å². The summed E-state index contributed by atoms with van der Waals surface area (Å²) in [6.07, 6.45) is 0. The topological polar surface area (TPSA) is 35.2 Å². The van der Waals surface area contributed by atoms with Crippen LogP contribution in [-0.2, 0) is 0 Å². The molecule has 0 aliphatic carbocycles. The fraction of sp³-hybridized carbons (Fsp3) is 0.0909. The van der Waals surface area contributed by atoms with Crippen LogP contribution in [0.3, 0.4) is 0 Å². The van der Waals surface area contributed by atoms with Gasteiger partial charge >= 0.3 is 0 Å². The fourth-order valence-electron chi connectivity index (χ4n) is 1.53. The monoisotopic (exact) mass is 191 g/mol. The molecule has 0 saturated carbocycles.